The number of nitrogens with zero attached hydrogens (tertiary/aromatic N) is 1. The van der Waals surface area contributed by atoms with Crippen molar-refractivity contribution in [3.05, 3.63) is 23.5 Å². The third-order valence-corrected chi connectivity index (χ3v) is 4.42. The number of benzene rings is 1. The van der Waals surface area contributed by atoms with E-state index in [4.69, 9.17) is 4.74 Å². The highest BCUT2D eigenvalue weighted by atomic mass is 32.2. The van der Waals surface area contributed by atoms with Gasteiger partial charge in [-0.2, -0.15) is 0 Å². The molecule has 1 aromatic carbocycles. The van der Waals surface area contributed by atoms with Crippen LogP contribution in [-0.2, 0) is 16.0 Å². The van der Waals surface area contributed by atoms with Crippen LogP contribution in [0.4, 0.5) is 10.1 Å². The van der Waals surface area contributed by atoms with Crippen LogP contribution in [0.5, 0.6) is 0 Å². The van der Waals surface area contributed by atoms with Crippen molar-refractivity contribution in [2.45, 2.75) is 24.7 Å². The van der Waals surface area contributed by atoms with Crippen LogP contribution < -0.4 is 10.4 Å². The lowest BCUT2D eigenvalue weighted by Crippen LogP contribution is -2.42. The highest BCUT2D eigenvalue weighted by molar-refractivity contribution is 7.99. The molecule has 1 N–H and O–H groups in total. The Kier molecular flexibility index (Phi) is 6.25. The van der Waals surface area contributed by atoms with Crippen molar-refractivity contribution >= 4 is 23.4 Å². The molecule has 0 bridgehead atoms. The second-order valence-electron chi connectivity index (χ2n) is 4.84. The van der Waals surface area contributed by atoms with E-state index < -0.39 is 0 Å². The highest BCUT2D eigenvalue weighted by Crippen LogP contribution is 2.35. The predicted molar refractivity (Wildman–Crippen MR) is 86.3 cm³/mol. The maximum absolute atomic E-state index is 14.2. The van der Waals surface area contributed by atoms with Crippen LogP contribution in [0.1, 0.15) is 18.9 Å². The molecule has 0 radical (unpaired) electrons. The molecule has 0 saturated heterocycles. The minimum atomic E-state index is -0.268. The van der Waals surface area contributed by atoms with E-state index >= 15 is 0 Å². The van der Waals surface area contributed by atoms with Crippen molar-refractivity contribution < 1.29 is 13.9 Å². The van der Waals surface area contributed by atoms with Crippen molar-refractivity contribution in [3.63, 3.8) is 0 Å². The number of aryl methyl sites for hydroxylation is 1. The van der Waals surface area contributed by atoms with Crippen LogP contribution in [0.2, 0.25) is 0 Å². The number of amides is 1. The SMILES string of the molecule is COCC#CCNN(C(C)=O)c1cc(F)c2c(c1)CCCS2. The molecule has 0 aromatic heterocycles. The van der Waals surface area contributed by atoms with E-state index in [1.807, 2.05) is 6.07 Å². The Hall–Kier alpha value is -1.55. The average Bonchev–Trinajstić information content (AvgIpc) is 2.50. The van der Waals surface area contributed by atoms with Crippen LogP contribution in [0.25, 0.3) is 0 Å². The number of hydrogen-bond donors (Lipinski definition) is 1. The van der Waals surface area contributed by atoms with Gasteiger partial charge in [-0.15, -0.1) is 11.8 Å². The molecule has 1 aliphatic rings. The first-order chi connectivity index (χ1) is 10.6. The van der Waals surface area contributed by atoms with Gasteiger partial charge in [-0.1, -0.05) is 11.8 Å². The minimum Gasteiger partial charge on any atom is -0.372 e. The van der Waals surface area contributed by atoms with Gasteiger partial charge in [-0.05, 0) is 30.2 Å². The molecule has 1 aromatic rings. The largest absolute Gasteiger partial charge is 0.372 e. The van der Waals surface area contributed by atoms with Crippen LogP contribution in [0.15, 0.2) is 17.0 Å². The Morgan fingerprint density at radius 3 is 3.05 bits per heavy atom. The topological polar surface area (TPSA) is 41.6 Å². The minimum absolute atomic E-state index is 0.212. The zero-order chi connectivity index (χ0) is 15.9. The number of hydrazine groups is 1. The van der Waals surface area contributed by atoms with Gasteiger partial charge in [0.2, 0.25) is 5.91 Å². The number of nitrogens with one attached hydrogen (secondary N) is 1. The molecular weight excluding hydrogens is 303 g/mol. The predicted octanol–water partition coefficient (Wildman–Crippen LogP) is 2.37. The van der Waals surface area contributed by atoms with Crippen LogP contribution in [-0.4, -0.2) is 31.9 Å². The molecule has 0 atom stereocenters. The summed E-state index contributed by atoms with van der Waals surface area (Å²) in [5.41, 5.74) is 4.39. The van der Waals surface area contributed by atoms with E-state index in [1.54, 1.807) is 7.11 Å². The number of anilines is 1. The van der Waals surface area contributed by atoms with E-state index in [1.165, 1.54) is 29.8 Å². The molecule has 0 unspecified atom stereocenters. The Morgan fingerprint density at radius 1 is 1.50 bits per heavy atom. The van der Waals surface area contributed by atoms with Gasteiger partial charge in [0.1, 0.15) is 12.4 Å². The molecule has 1 heterocycles. The molecule has 22 heavy (non-hydrogen) atoms. The molecule has 1 amide bonds. The lowest BCUT2D eigenvalue weighted by molar-refractivity contribution is -0.117. The van der Waals surface area contributed by atoms with E-state index in [0.29, 0.717) is 17.2 Å². The summed E-state index contributed by atoms with van der Waals surface area (Å²) in [5.74, 6) is 6.09. The normalized spacial score (nSPS) is 13.0. The average molecular weight is 322 g/mol. The first-order valence-corrected chi connectivity index (χ1v) is 8.06. The molecule has 6 heteroatoms. The number of ether oxygens (including phenoxy) is 1. The first kappa shape index (κ1) is 16.8. The number of carbonyl (C=O) groups excluding carboxylic acids is 1. The standard InChI is InChI=1S/C16H19FN2O2S/c1-12(20)19(18-7-3-4-8-21-2)14-10-13-6-5-9-22-16(13)15(17)11-14/h10-11,18H,5-9H2,1-2H3. The molecular formula is C16H19FN2O2S. The Morgan fingerprint density at radius 2 is 2.32 bits per heavy atom. The van der Waals surface area contributed by atoms with Crippen molar-refractivity contribution in [2.24, 2.45) is 0 Å². The Labute approximate surface area is 134 Å². The number of fused-ring (bicyclic) bond motifs is 1. The molecule has 2 rings (SSSR count). The summed E-state index contributed by atoms with van der Waals surface area (Å²) in [7, 11) is 1.57. The number of hydrogen-bond acceptors (Lipinski definition) is 4. The summed E-state index contributed by atoms with van der Waals surface area (Å²) in [6, 6.07) is 3.27. The lowest BCUT2D eigenvalue weighted by Gasteiger charge is -2.24. The summed E-state index contributed by atoms with van der Waals surface area (Å²) in [5, 5.41) is 1.34. The van der Waals surface area contributed by atoms with Crippen molar-refractivity contribution in [2.75, 3.05) is 31.0 Å². The fourth-order valence-electron chi connectivity index (χ4n) is 2.24. The maximum atomic E-state index is 14.2. The molecule has 0 fully saturated rings. The van der Waals surface area contributed by atoms with Gasteiger partial charge in [0.25, 0.3) is 0 Å². The fraction of sp³-hybridized carbons (Fsp3) is 0.438. The molecule has 118 valence electrons. The Bertz CT molecular complexity index is 610. The van der Waals surface area contributed by atoms with E-state index in [2.05, 4.69) is 17.3 Å². The summed E-state index contributed by atoms with van der Waals surface area (Å²) in [4.78, 5) is 12.5. The first-order valence-electron chi connectivity index (χ1n) is 7.07. The van der Waals surface area contributed by atoms with Gasteiger partial charge in [0.15, 0.2) is 0 Å². The fourth-order valence-corrected chi connectivity index (χ4v) is 3.27. The highest BCUT2D eigenvalue weighted by Gasteiger charge is 2.19. The number of thioether (sulfide) groups is 1. The molecule has 0 aliphatic carbocycles. The quantitative estimate of drug-likeness (QED) is 0.683. The summed E-state index contributed by atoms with van der Waals surface area (Å²) in [6.07, 6.45) is 1.86. The second kappa shape index (κ2) is 8.18. The van der Waals surface area contributed by atoms with E-state index in [-0.39, 0.29) is 18.3 Å². The number of halogens is 1. The lowest BCUT2D eigenvalue weighted by atomic mass is 10.1. The monoisotopic (exact) mass is 322 g/mol. The third kappa shape index (κ3) is 4.23. The third-order valence-electron chi connectivity index (χ3n) is 3.18. The van der Waals surface area contributed by atoms with Gasteiger partial charge in [-0.3, -0.25) is 4.79 Å². The second-order valence-corrected chi connectivity index (χ2v) is 5.95. The molecule has 0 saturated carbocycles. The van der Waals surface area contributed by atoms with Crippen LogP contribution in [0.3, 0.4) is 0 Å². The number of carbonyl (C=O) groups is 1. The van der Waals surface area contributed by atoms with Gasteiger partial charge in [0.05, 0.1) is 12.2 Å². The molecule has 1 aliphatic heterocycles. The van der Waals surface area contributed by atoms with Gasteiger partial charge in [-0.25, -0.2) is 14.8 Å². The van der Waals surface area contributed by atoms with E-state index in [0.717, 1.165) is 24.2 Å². The van der Waals surface area contributed by atoms with Crippen molar-refractivity contribution in [1.29, 1.82) is 0 Å². The van der Waals surface area contributed by atoms with Crippen LogP contribution >= 0.6 is 11.8 Å². The number of rotatable bonds is 4. The smallest absolute Gasteiger partial charge is 0.238 e. The summed E-state index contributed by atoms with van der Waals surface area (Å²) < 4.78 is 19.0. The maximum Gasteiger partial charge on any atom is 0.238 e. The summed E-state index contributed by atoms with van der Waals surface area (Å²) >= 11 is 1.54. The van der Waals surface area contributed by atoms with Gasteiger partial charge < -0.3 is 4.74 Å². The van der Waals surface area contributed by atoms with Gasteiger partial charge in [0, 0.05) is 25.0 Å². The van der Waals surface area contributed by atoms with E-state index in [9.17, 15) is 9.18 Å². The Balaban J connectivity index is 2.17. The van der Waals surface area contributed by atoms with Crippen LogP contribution in [0, 0.1) is 17.7 Å². The number of methoxy groups -OCH3 is 1. The van der Waals surface area contributed by atoms with Crippen molar-refractivity contribution in [3.8, 4) is 11.8 Å². The van der Waals surface area contributed by atoms with Crippen molar-refractivity contribution in [1.82, 2.24) is 5.43 Å². The zero-order valence-corrected chi connectivity index (χ0v) is 13.6. The molecule has 0 spiro atoms. The van der Waals surface area contributed by atoms with Gasteiger partial charge >= 0.3 is 0 Å². The zero-order valence-electron chi connectivity index (χ0n) is 12.7. The molecule has 4 nitrogen and oxygen atoms in total. The summed E-state index contributed by atoms with van der Waals surface area (Å²) in [6.45, 7) is 2.06.